The Morgan fingerprint density at radius 2 is 2.11 bits per heavy atom. The minimum absolute atomic E-state index is 0.517. The molecule has 0 saturated carbocycles. The molecule has 19 heavy (non-hydrogen) atoms. The molecule has 2 aromatic rings. The molecular formula is C15H23N3S. The molecule has 0 radical (unpaired) electrons. The van der Waals surface area contributed by atoms with E-state index >= 15 is 0 Å². The number of aromatic nitrogens is 2. The number of anilines is 1. The molecule has 0 aliphatic heterocycles. The van der Waals surface area contributed by atoms with Crippen LogP contribution in [0.15, 0.2) is 12.4 Å². The molecule has 0 aromatic carbocycles. The highest BCUT2D eigenvalue weighted by Gasteiger charge is 2.11. The van der Waals surface area contributed by atoms with Crippen LogP contribution in [0.2, 0.25) is 0 Å². The number of rotatable bonds is 7. The van der Waals surface area contributed by atoms with Crippen LogP contribution in [0, 0.1) is 0 Å². The molecule has 1 unspecified atom stereocenters. The molecule has 2 rings (SSSR count). The van der Waals surface area contributed by atoms with Gasteiger partial charge in [-0.15, -0.1) is 11.3 Å². The molecule has 104 valence electrons. The molecule has 0 aliphatic rings. The third kappa shape index (κ3) is 3.44. The minimum Gasteiger partial charge on any atom is -0.367 e. The Morgan fingerprint density at radius 3 is 2.79 bits per heavy atom. The molecule has 1 atom stereocenters. The van der Waals surface area contributed by atoms with Crippen molar-refractivity contribution in [3.8, 4) is 0 Å². The average molecular weight is 277 g/mol. The third-order valence-electron chi connectivity index (χ3n) is 3.47. The summed E-state index contributed by atoms with van der Waals surface area (Å²) in [5.74, 6) is 1.00. The van der Waals surface area contributed by atoms with Crippen molar-refractivity contribution in [2.45, 2.75) is 58.9 Å². The van der Waals surface area contributed by atoms with Gasteiger partial charge in [-0.3, -0.25) is 0 Å². The molecule has 0 fully saturated rings. The van der Waals surface area contributed by atoms with Crippen LogP contribution >= 0.6 is 11.3 Å². The van der Waals surface area contributed by atoms with Crippen LogP contribution in [0.4, 0.5) is 5.82 Å². The maximum Gasteiger partial charge on any atom is 0.138 e. The summed E-state index contributed by atoms with van der Waals surface area (Å²) in [6.45, 7) is 6.65. The number of aryl methyl sites for hydroxylation is 1. The van der Waals surface area contributed by atoms with E-state index in [0.29, 0.717) is 6.04 Å². The van der Waals surface area contributed by atoms with E-state index in [4.69, 9.17) is 0 Å². The van der Waals surface area contributed by atoms with Gasteiger partial charge < -0.3 is 5.32 Å². The second-order valence-corrected chi connectivity index (χ2v) is 6.01. The zero-order valence-electron chi connectivity index (χ0n) is 12.1. The molecule has 1 N–H and O–H groups in total. The van der Waals surface area contributed by atoms with E-state index in [0.717, 1.165) is 23.5 Å². The van der Waals surface area contributed by atoms with E-state index in [9.17, 15) is 0 Å². The number of nitrogens with zero attached hydrogens (tertiary/aromatic N) is 2. The van der Waals surface area contributed by atoms with Gasteiger partial charge in [0, 0.05) is 10.9 Å². The Hall–Kier alpha value is -1.16. The molecule has 2 heterocycles. The van der Waals surface area contributed by atoms with E-state index in [1.165, 1.54) is 29.5 Å². The fourth-order valence-corrected chi connectivity index (χ4v) is 3.15. The minimum atomic E-state index is 0.517. The maximum atomic E-state index is 4.43. The summed E-state index contributed by atoms with van der Waals surface area (Å²) >= 11 is 1.77. The zero-order chi connectivity index (χ0) is 13.7. The zero-order valence-corrected chi connectivity index (χ0v) is 12.9. The highest BCUT2D eigenvalue weighted by atomic mass is 32.1. The molecule has 0 aliphatic carbocycles. The second kappa shape index (κ2) is 6.85. The van der Waals surface area contributed by atoms with Crippen molar-refractivity contribution in [1.29, 1.82) is 0 Å². The largest absolute Gasteiger partial charge is 0.367 e. The number of thiophene rings is 1. The van der Waals surface area contributed by atoms with Gasteiger partial charge in [-0.1, -0.05) is 33.6 Å². The number of hydrogen-bond acceptors (Lipinski definition) is 4. The van der Waals surface area contributed by atoms with Gasteiger partial charge in [-0.05, 0) is 25.3 Å². The second-order valence-electron chi connectivity index (χ2n) is 4.90. The number of unbranched alkanes of at least 4 members (excludes halogenated alkanes) is 1. The lowest BCUT2D eigenvalue weighted by atomic mass is 10.1. The van der Waals surface area contributed by atoms with Crippen molar-refractivity contribution in [2.24, 2.45) is 0 Å². The quantitative estimate of drug-likeness (QED) is 0.801. The molecule has 0 bridgehead atoms. The van der Waals surface area contributed by atoms with Gasteiger partial charge >= 0.3 is 0 Å². The Morgan fingerprint density at radius 1 is 1.26 bits per heavy atom. The summed E-state index contributed by atoms with van der Waals surface area (Å²) in [6, 6.07) is 2.75. The van der Waals surface area contributed by atoms with Crippen LogP contribution in [0.3, 0.4) is 0 Å². The van der Waals surface area contributed by atoms with Crippen LogP contribution in [0.25, 0.3) is 10.2 Å². The Bertz CT molecular complexity index is 521. The predicted octanol–water partition coefficient (Wildman–Crippen LogP) is 4.63. The topological polar surface area (TPSA) is 37.8 Å². The van der Waals surface area contributed by atoms with Gasteiger partial charge in [0.05, 0.1) is 5.39 Å². The lowest BCUT2D eigenvalue weighted by Crippen LogP contribution is -2.19. The fourth-order valence-electron chi connectivity index (χ4n) is 2.22. The van der Waals surface area contributed by atoms with Crippen molar-refractivity contribution in [1.82, 2.24) is 9.97 Å². The number of hydrogen-bond donors (Lipinski definition) is 1. The SMILES string of the molecule is CCCCC(CC)Nc1ncnc2sc(CC)cc12. The van der Waals surface area contributed by atoms with E-state index in [2.05, 4.69) is 42.1 Å². The van der Waals surface area contributed by atoms with Gasteiger partial charge in [0.15, 0.2) is 0 Å². The molecule has 0 amide bonds. The Kier molecular flexibility index (Phi) is 5.14. The van der Waals surface area contributed by atoms with Gasteiger partial charge in [-0.2, -0.15) is 0 Å². The maximum absolute atomic E-state index is 4.43. The average Bonchev–Trinajstić information content (AvgIpc) is 2.87. The first-order valence-corrected chi connectivity index (χ1v) is 8.10. The first kappa shape index (κ1) is 14.3. The van der Waals surface area contributed by atoms with Crippen molar-refractivity contribution < 1.29 is 0 Å². The highest BCUT2D eigenvalue weighted by molar-refractivity contribution is 7.18. The highest BCUT2D eigenvalue weighted by Crippen LogP contribution is 2.29. The van der Waals surface area contributed by atoms with Crippen molar-refractivity contribution >= 4 is 27.4 Å². The Labute approximate surface area is 119 Å². The van der Waals surface area contributed by atoms with Crippen LogP contribution in [0.1, 0.15) is 51.3 Å². The molecular weight excluding hydrogens is 254 g/mol. The lowest BCUT2D eigenvalue weighted by Gasteiger charge is -2.17. The van der Waals surface area contributed by atoms with Gasteiger partial charge in [0.1, 0.15) is 17.0 Å². The van der Waals surface area contributed by atoms with E-state index in [-0.39, 0.29) is 0 Å². The van der Waals surface area contributed by atoms with Gasteiger partial charge in [-0.25, -0.2) is 9.97 Å². The summed E-state index contributed by atoms with van der Waals surface area (Å²) in [5.41, 5.74) is 0. The van der Waals surface area contributed by atoms with E-state index < -0.39 is 0 Å². The molecule has 0 saturated heterocycles. The molecule has 3 nitrogen and oxygen atoms in total. The van der Waals surface area contributed by atoms with Crippen LogP contribution in [0.5, 0.6) is 0 Å². The van der Waals surface area contributed by atoms with Crippen LogP contribution < -0.4 is 5.32 Å². The monoisotopic (exact) mass is 277 g/mol. The third-order valence-corrected chi connectivity index (χ3v) is 4.66. The summed E-state index contributed by atoms with van der Waals surface area (Å²) in [4.78, 5) is 11.3. The lowest BCUT2D eigenvalue weighted by molar-refractivity contribution is 0.592. The smallest absolute Gasteiger partial charge is 0.138 e. The van der Waals surface area contributed by atoms with Crippen LogP contribution in [-0.2, 0) is 6.42 Å². The number of nitrogens with one attached hydrogen (secondary N) is 1. The normalized spacial score (nSPS) is 12.8. The summed E-state index contributed by atoms with van der Waals surface area (Å²) in [5, 5.41) is 4.78. The molecule has 0 spiro atoms. The number of fused-ring (bicyclic) bond motifs is 1. The first-order valence-electron chi connectivity index (χ1n) is 7.28. The van der Waals surface area contributed by atoms with Gasteiger partial charge in [0.25, 0.3) is 0 Å². The summed E-state index contributed by atoms with van der Waals surface area (Å²) in [7, 11) is 0. The fraction of sp³-hybridized carbons (Fsp3) is 0.600. The van der Waals surface area contributed by atoms with Crippen molar-refractivity contribution in [3.63, 3.8) is 0 Å². The van der Waals surface area contributed by atoms with Crippen LogP contribution in [-0.4, -0.2) is 16.0 Å². The first-order chi connectivity index (χ1) is 9.28. The van der Waals surface area contributed by atoms with E-state index in [1.54, 1.807) is 17.7 Å². The van der Waals surface area contributed by atoms with Crippen molar-refractivity contribution in [2.75, 3.05) is 5.32 Å². The Balaban J connectivity index is 2.21. The standard InChI is InChI=1S/C15H23N3S/c1-4-7-8-11(5-2)18-14-13-9-12(6-3)19-15(13)17-10-16-14/h9-11H,4-8H2,1-3H3,(H,16,17,18). The van der Waals surface area contributed by atoms with Gasteiger partial charge in [0.2, 0.25) is 0 Å². The van der Waals surface area contributed by atoms with Crippen molar-refractivity contribution in [3.05, 3.63) is 17.3 Å². The molecule has 2 aromatic heterocycles. The molecule has 4 heteroatoms. The predicted molar refractivity (Wildman–Crippen MR) is 84.0 cm³/mol. The summed E-state index contributed by atoms with van der Waals surface area (Å²) in [6.07, 6.45) is 7.60. The summed E-state index contributed by atoms with van der Waals surface area (Å²) < 4.78 is 0. The van der Waals surface area contributed by atoms with E-state index in [1.807, 2.05) is 0 Å².